The van der Waals surface area contributed by atoms with Crippen LogP contribution in [0.5, 0.6) is 0 Å². The molecule has 1 amide bonds. The van der Waals surface area contributed by atoms with E-state index in [0.717, 1.165) is 27.3 Å². The number of nitrogens with one attached hydrogen (secondary N) is 1. The summed E-state index contributed by atoms with van der Waals surface area (Å²) in [4.78, 5) is 27.0. The maximum atomic E-state index is 14.5. The Morgan fingerprint density at radius 3 is 2.43 bits per heavy atom. The van der Waals surface area contributed by atoms with Gasteiger partial charge in [0.2, 0.25) is 10.0 Å². The number of rotatable bonds is 6. The molecule has 8 nitrogen and oxygen atoms in total. The van der Waals surface area contributed by atoms with Crippen molar-refractivity contribution in [1.82, 2.24) is 9.88 Å². The van der Waals surface area contributed by atoms with Crippen LogP contribution in [0, 0.1) is 12.7 Å². The van der Waals surface area contributed by atoms with Crippen LogP contribution >= 0.6 is 0 Å². The molecule has 0 saturated heterocycles. The summed E-state index contributed by atoms with van der Waals surface area (Å²) in [6, 6.07) is 17.3. The van der Waals surface area contributed by atoms with E-state index in [4.69, 9.17) is 4.42 Å². The fraction of sp³-hybridized carbons (Fsp3) is 0.176. The summed E-state index contributed by atoms with van der Waals surface area (Å²) in [5.41, 5.74) is 5.45. The number of nitrogens with zero attached hydrogens (tertiary/aromatic N) is 2. The number of halogens is 1. The van der Waals surface area contributed by atoms with Gasteiger partial charge >= 0.3 is 0 Å². The molecule has 44 heavy (non-hydrogen) atoms. The minimum Gasteiger partial charge on any atom is -0.455 e. The topological polar surface area (TPSA) is 102 Å². The summed E-state index contributed by atoms with van der Waals surface area (Å²) in [7, 11) is 0.751. The van der Waals surface area contributed by atoms with Crippen molar-refractivity contribution >= 4 is 44.2 Å². The molecule has 1 aliphatic rings. The Hall–Kier alpha value is -4.96. The second-order valence-electron chi connectivity index (χ2n) is 11.1. The molecule has 0 unspecified atom stereocenters. The third-order valence-corrected chi connectivity index (χ3v) is 9.29. The zero-order valence-electron chi connectivity index (χ0n) is 24.9. The number of benzene rings is 3. The van der Waals surface area contributed by atoms with Gasteiger partial charge in [0.25, 0.3) is 11.5 Å². The number of aryl methyl sites for hydroxylation is 2. The Bertz CT molecular complexity index is 2200. The first kappa shape index (κ1) is 29.1. The zero-order valence-corrected chi connectivity index (χ0v) is 25.7. The van der Waals surface area contributed by atoms with E-state index in [2.05, 4.69) is 5.32 Å². The Kier molecular flexibility index (Phi) is 7.04. The van der Waals surface area contributed by atoms with E-state index in [-0.39, 0.29) is 33.8 Å². The summed E-state index contributed by atoms with van der Waals surface area (Å²) < 4.78 is 48.9. The number of fused-ring (bicyclic) bond motifs is 2. The Morgan fingerprint density at radius 1 is 1.05 bits per heavy atom. The molecule has 2 aromatic heterocycles. The third-order valence-electron chi connectivity index (χ3n) is 8.10. The summed E-state index contributed by atoms with van der Waals surface area (Å²) >= 11 is 0. The molecule has 3 aromatic carbocycles. The van der Waals surface area contributed by atoms with Crippen molar-refractivity contribution in [3.8, 4) is 22.5 Å². The average molecular weight is 612 g/mol. The Morgan fingerprint density at radius 2 is 1.77 bits per heavy atom. The molecule has 0 atom stereocenters. The van der Waals surface area contributed by atoms with Gasteiger partial charge in [-0.2, -0.15) is 0 Å². The third kappa shape index (κ3) is 4.90. The number of hydrogen-bond acceptors (Lipinski definition) is 5. The van der Waals surface area contributed by atoms with Crippen LogP contribution in [-0.4, -0.2) is 39.2 Å². The summed E-state index contributed by atoms with van der Waals surface area (Å²) in [5, 5.41) is 3.09. The summed E-state index contributed by atoms with van der Waals surface area (Å²) in [6.45, 7) is 1.95. The molecule has 6 rings (SSSR count). The van der Waals surface area contributed by atoms with Gasteiger partial charge in [-0.1, -0.05) is 42.0 Å². The van der Waals surface area contributed by atoms with Crippen molar-refractivity contribution in [2.75, 3.05) is 24.7 Å². The lowest BCUT2D eigenvalue weighted by Gasteiger charge is -2.21. The molecule has 0 saturated carbocycles. The predicted octanol–water partition coefficient (Wildman–Crippen LogP) is 5.77. The van der Waals surface area contributed by atoms with Crippen molar-refractivity contribution in [3.63, 3.8) is 0 Å². The number of aromatic nitrogens is 1. The first-order chi connectivity index (χ1) is 20.9. The second kappa shape index (κ2) is 10.6. The highest BCUT2D eigenvalue weighted by Crippen LogP contribution is 2.41. The molecular formula is C34H30FN3O5S. The monoisotopic (exact) mass is 611 g/mol. The highest BCUT2D eigenvalue weighted by atomic mass is 32.2. The van der Waals surface area contributed by atoms with Crippen LogP contribution in [-0.2, 0) is 23.5 Å². The maximum absolute atomic E-state index is 14.5. The van der Waals surface area contributed by atoms with E-state index in [9.17, 15) is 22.4 Å². The van der Waals surface area contributed by atoms with Gasteiger partial charge in [0.05, 0.1) is 17.5 Å². The van der Waals surface area contributed by atoms with E-state index >= 15 is 0 Å². The molecule has 1 aliphatic carbocycles. The van der Waals surface area contributed by atoms with Gasteiger partial charge in [0.15, 0.2) is 0 Å². The summed E-state index contributed by atoms with van der Waals surface area (Å²) in [6.07, 6.45) is 5.00. The number of pyridine rings is 1. The minimum atomic E-state index is -3.78. The van der Waals surface area contributed by atoms with E-state index < -0.39 is 15.9 Å². The van der Waals surface area contributed by atoms with Gasteiger partial charge in [0.1, 0.15) is 17.2 Å². The van der Waals surface area contributed by atoms with Crippen molar-refractivity contribution in [3.05, 3.63) is 111 Å². The number of hydrogen-bond donors (Lipinski definition) is 1. The van der Waals surface area contributed by atoms with Crippen molar-refractivity contribution < 1.29 is 22.0 Å². The normalized spacial score (nSPS) is 12.7. The van der Waals surface area contributed by atoms with Gasteiger partial charge in [-0.05, 0) is 54.3 Å². The molecule has 0 spiro atoms. The molecule has 0 radical (unpaired) electrons. The molecule has 0 aliphatic heterocycles. The Labute approximate surface area is 254 Å². The van der Waals surface area contributed by atoms with Crippen LogP contribution in [0.4, 0.5) is 10.1 Å². The number of amides is 1. The van der Waals surface area contributed by atoms with E-state index in [1.54, 1.807) is 43.6 Å². The van der Waals surface area contributed by atoms with Gasteiger partial charge in [0, 0.05) is 61.0 Å². The van der Waals surface area contributed by atoms with Crippen LogP contribution in [0.25, 0.3) is 45.1 Å². The second-order valence-corrected chi connectivity index (χ2v) is 13.1. The highest BCUT2D eigenvalue weighted by molar-refractivity contribution is 7.92. The fourth-order valence-corrected chi connectivity index (χ4v) is 6.15. The number of carbonyl (C=O) groups excluding carboxylic acids is 1. The van der Waals surface area contributed by atoms with Crippen LogP contribution in [0.2, 0.25) is 0 Å². The lowest BCUT2D eigenvalue weighted by atomic mass is 9.96. The zero-order chi connectivity index (χ0) is 31.5. The number of furan rings is 1. The van der Waals surface area contributed by atoms with Crippen molar-refractivity contribution in [2.24, 2.45) is 7.05 Å². The average Bonchev–Trinajstić information content (AvgIpc) is 3.59. The smallest absolute Gasteiger partial charge is 0.258 e. The van der Waals surface area contributed by atoms with E-state index in [1.165, 1.54) is 24.7 Å². The molecule has 5 aromatic rings. The largest absolute Gasteiger partial charge is 0.455 e. The number of carbonyl (C=O) groups is 1. The molecule has 0 bridgehead atoms. The SMILES string of the molecule is CNC(=O)c1c(-c2ccc(C)cc2)oc2cc(N(C)S(C)(=O)=O)c(-c3cc(C4=Cc5c(F)cccc5C4)cn(C)c3=O)cc12. The summed E-state index contributed by atoms with van der Waals surface area (Å²) in [5.74, 6) is -0.398. The Balaban J connectivity index is 1.64. The van der Waals surface area contributed by atoms with Crippen LogP contribution < -0.4 is 15.2 Å². The molecule has 1 N–H and O–H groups in total. The lowest BCUT2D eigenvalue weighted by molar-refractivity contribution is 0.0964. The van der Waals surface area contributed by atoms with Gasteiger partial charge in [-0.3, -0.25) is 13.9 Å². The van der Waals surface area contributed by atoms with Crippen molar-refractivity contribution in [1.29, 1.82) is 0 Å². The van der Waals surface area contributed by atoms with Crippen molar-refractivity contribution in [2.45, 2.75) is 13.3 Å². The quantitative estimate of drug-likeness (QED) is 0.263. The van der Waals surface area contributed by atoms with Gasteiger partial charge in [-0.15, -0.1) is 0 Å². The number of allylic oxidation sites excluding steroid dienone is 1. The fourth-order valence-electron chi connectivity index (χ4n) is 5.64. The number of sulfonamides is 1. The minimum absolute atomic E-state index is 0.205. The maximum Gasteiger partial charge on any atom is 0.258 e. The first-order valence-electron chi connectivity index (χ1n) is 13.9. The van der Waals surface area contributed by atoms with Gasteiger partial charge < -0.3 is 14.3 Å². The molecule has 0 fully saturated rings. The van der Waals surface area contributed by atoms with Crippen LogP contribution in [0.15, 0.2) is 76.1 Å². The molecular weight excluding hydrogens is 581 g/mol. The standard InChI is InChI=1S/C34H30FN3O5S/c1-19-9-11-20(12-10-19)32-31(33(39)36-2)27-16-25(29(17-30(27)43-32)38(4)44(5,41)42)26-15-23(18-37(3)34(26)40)22-13-21-7-6-8-28(35)24(21)14-22/h6-12,14-18H,13H2,1-5H3,(H,36,39). The first-order valence-corrected chi connectivity index (χ1v) is 15.7. The number of anilines is 1. The molecule has 224 valence electrons. The molecule has 2 heterocycles. The highest BCUT2D eigenvalue weighted by Gasteiger charge is 2.27. The van der Waals surface area contributed by atoms with Gasteiger partial charge in [-0.25, -0.2) is 12.8 Å². The van der Waals surface area contributed by atoms with Crippen LogP contribution in [0.3, 0.4) is 0 Å². The van der Waals surface area contributed by atoms with Crippen LogP contribution in [0.1, 0.15) is 32.6 Å². The van der Waals surface area contributed by atoms with E-state index in [0.29, 0.717) is 39.8 Å². The lowest BCUT2D eigenvalue weighted by Crippen LogP contribution is -2.26. The van der Waals surface area contributed by atoms with E-state index in [1.807, 2.05) is 37.3 Å². The molecule has 10 heteroatoms. The predicted molar refractivity (Wildman–Crippen MR) is 172 cm³/mol.